The monoisotopic (exact) mass is 255 g/mol. The molecule has 1 nitrogen and oxygen atoms in total. The van der Waals surface area contributed by atoms with Gasteiger partial charge in [0, 0.05) is 6.04 Å². The molecule has 0 aliphatic heterocycles. The SMILES string of the molecule is CCCCCCCCCCCCCCC(C)NC. The zero-order valence-electron chi connectivity index (χ0n) is 13.3. The standard InChI is InChI=1S/C17H37N/c1-4-5-6-7-8-9-10-11-12-13-14-15-16-17(2)18-3/h17-18H,4-16H2,1-3H3. The Balaban J connectivity index is 2.94. The first-order valence-corrected chi connectivity index (χ1v) is 8.48. The number of hydrogen-bond donors (Lipinski definition) is 1. The average Bonchev–Trinajstić information content (AvgIpc) is 2.39. The van der Waals surface area contributed by atoms with Crippen molar-refractivity contribution in [1.29, 1.82) is 0 Å². The lowest BCUT2D eigenvalue weighted by Crippen LogP contribution is -2.20. The Morgan fingerprint density at radius 1 is 0.667 bits per heavy atom. The van der Waals surface area contributed by atoms with Gasteiger partial charge in [0.2, 0.25) is 0 Å². The molecule has 0 bridgehead atoms. The molecule has 1 N–H and O–H groups in total. The fourth-order valence-electron chi connectivity index (χ4n) is 2.44. The van der Waals surface area contributed by atoms with Gasteiger partial charge in [-0.25, -0.2) is 0 Å². The highest BCUT2D eigenvalue weighted by molar-refractivity contribution is 4.57. The molecule has 0 aromatic carbocycles. The van der Waals surface area contributed by atoms with Gasteiger partial charge in [-0.3, -0.25) is 0 Å². The van der Waals surface area contributed by atoms with Crippen molar-refractivity contribution in [2.75, 3.05) is 7.05 Å². The fourth-order valence-corrected chi connectivity index (χ4v) is 2.44. The molecule has 18 heavy (non-hydrogen) atoms. The van der Waals surface area contributed by atoms with Gasteiger partial charge in [0.15, 0.2) is 0 Å². The molecule has 110 valence electrons. The van der Waals surface area contributed by atoms with Gasteiger partial charge in [0.05, 0.1) is 0 Å². The van der Waals surface area contributed by atoms with E-state index in [1.165, 1.54) is 83.5 Å². The Morgan fingerprint density at radius 2 is 1.06 bits per heavy atom. The summed E-state index contributed by atoms with van der Waals surface area (Å²) < 4.78 is 0. The molecule has 1 atom stereocenters. The highest BCUT2D eigenvalue weighted by atomic mass is 14.8. The smallest absolute Gasteiger partial charge is 0.00357 e. The van der Waals surface area contributed by atoms with Crippen LogP contribution in [0.25, 0.3) is 0 Å². The van der Waals surface area contributed by atoms with Gasteiger partial charge >= 0.3 is 0 Å². The van der Waals surface area contributed by atoms with Crippen molar-refractivity contribution in [2.24, 2.45) is 0 Å². The van der Waals surface area contributed by atoms with Crippen molar-refractivity contribution in [3.63, 3.8) is 0 Å². The molecule has 0 aliphatic carbocycles. The average molecular weight is 255 g/mol. The van der Waals surface area contributed by atoms with Crippen LogP contribution in [-0.2, 0) is 0 Å². The molecule has 1 heteroatoms. The molecule has 0 aromatic heterocycles. The van der Waals surface area contributed by atoms with E-state index < -0.39 is 0 Å². The minimum atomic E-state index is 0.702. The largest absolute Gasteiger partial charge is 0.317 e. The van der Waals surface area contributed by atoms with Crippen LogP contribution in [0.15, 0.2) is 0 Å². The Morgan fingerprint density at radius 3 is 1.44 bits per heavy atom. The predicted molar refractivity (Wildman–Crippen MR) is 84.2 cm³/mol. The zero-order valence-corrected chi connectivity index (χ0v) is 13.3. The minimum Gasteiger partial charge on any atom is -0.317 e. The lowest BCUT2D eigenvalue weighted by atomic mass is 10.0. The summed E-state index contributed by atoms with van der Waals surface area (Å²) in [5, 5.41) is 3.30. The Kier molecular flexibility index (Phi) is 15.0. The van der Waals surface area contributed by atoms with Crippen LogP contribution < -0.4 is 5.32 Å². The summed E-state index contributed by atoms with van der Waals surface area (Å²) in [7, 11) is 2.06. The van der Waals surface area contributed by atoms with Crippen LogP contribution in [0, 0.1) is 0 Å². The lowest BCUT2D eigenvalue weighted by Gasteiger charge is -2.09. The van der Waals surface area contributed by atoms with E-state index in [-0.39, 0.29) is 0 Å². The van der Waals surface area contributed by atoms with E-state index in [0.29, 0.717) is 6.04 Å². The first-order valence-electron chi connectivity index (χ1n) is 8.48. The Bertz CT molecular complexity index is 145. The summed E-state index contributed by atoms with van der Waals surface area (Å²) in [6.07, 6.45) is 18.7. The quantitative estimate of drug-likeness (QED) is 0.393. The molecule has 0 saturated carbocycles. The van der Waals surface area contributed by atoms with E-state index in [4.69, 9.17) is 0 Å². The molecule has 1 unspecified atom stereocenters. The first kappa shape index (κ1) is 18.0. The summed E-state index contributed by atoms with van der Waals surface area (Å²) >= 11 is 0. The van der Waals surface area contributed by atoms with Gasteiger partial charge in [-0.05, 0) is 20.4 Å². The highest BCUT2D eigenvalue weighted by Crippen LogP contribution is 2.12. The first-order chi connectivity index (χ1) is 8.81. The zero-order chi connectivity index (χ0) is 13.5. The molecular formula is C17H37N. The third-order valence-corrected chi connectivity index (χ3v) is 3.98. The topological polar surface area (TPSA) is 12.0 Å². The predicted octanol–water partition coefficient (Wildman–Crippen LogP) is 5.69. The number of rotatable bonds is 14. The summed E-state index contributed by atoms with van der Waals surface area (Å²) in [4.78, 5) is 0. The third-order valence-electron chi connectivity index (χ3n) is 3.98. The van der Waals surface area contributed by atoms with Gasteiger partial charge in [-0.2, -0.15) is 0 Å². The van der Waals surface area contributed by atoms with Gasteiger partial charge in [0.1, 0.15) is 0 Å². The van der Waals surface area contributed by atoms with E-state index in [1.54, 1.807) is 0 Å². The van der Waals surface area contributed by atoms with Crippen LogP contribution in [0.1, 0.15) is 97.3 Å². The second kappa shape index (κ2) is 15.0. The maximum Gasteiger partial charge on any atom is 0.00357 e. The Labute approximate surface area is 116 Å². The van der Waals surface area contributed by atoms with Crippen LogP contribution >= 0.6 is 0 Å². The van der Waals surface area contributed by atoms with Gasteiger partial charge in [-0.1, -0.05) is 84.0 Å². The molecule has 0 saturated heterocycles. The van der Waals surface area contributed by atoms with Crippen LogP contribution in [0.3, 0.4) is 0 Å². The molecule has 0 aromatic rings. The molecule has 0 aliphatic rings. The van der Waals surface area contributed by atoms with Crippen molar-refractivity contribution in [1.82, 2.24) is 5.32 Å². The van der Waals surface area contributed by atoms with E-state index in [2.05, 4.69) is 26.2 Å². The van der Waals surface area contributed by atoms with Crippen molar-refractivity contribution < 1.29 is 0 Å². The second-order valence-corrected chi connectivity index (χ2v) is 5.87. The number of hydrogen-bond acceptors (Lipinski definition) is 1. The van der Waals surface area contributed by atoms with E-state index in [1.807, 2.05) is 0 Å². The van der Waals surface area contributed by atoms with Crippen molar-refractivity contribution >= 4 is 0 Å². The summed E-state index contributed by atoms with van der Waals surface area (Å²) in [6.45, 7) is 4.57. The van der Waals surface area contributed by atoms with Crippen molar-refractivity contribution in [3.8, 4) is 0 Å². The summed E-state index contributed by atoms with van der Waals surface area (Å²) in [5.74, 6) is 0. The van der Waals surface area contributed by atoms with E-state index in [0.717, 1.165) is 0 Å². The minimum absolute atomic E-state index is 0.702. The van der Waals surface area contributed by atoms with Crippen LogP contribution in [0.4, 0.5) is 0 Å². The van der Waals surface area contributed by atoms with Crippen LogP contribution in [0.5, 0.6) is 0 Å². The molecule has 0 fully saturated rings. The highest BCUT2D eigenvalue weighted by Gasteiger charge is 1.97. The van der Waals surface area contributed by atoms with Gasteiger partial charge < -0.3 is 5.32 Å². The number of unbranched alkanes of at least 4 members (excludes halogenated alkanes) is 11. The lowest BCUT2D eigenvalue weighted by molar-refractivity contribution is 0.501. The van der Waals surface area contributed by atoms with Gasteiger partial charge in [0.25, 0.3) is 0 Å². The second-order valence-electron chi connectivity index (χ2n) is 5.87. The molecule has 0 radical (unpaired) electrons. The molecule has 0 spiro atoms. The fraction of sp³-hybridized carbons (Fsp3) is 1.00. The summed E-state index contributed by atoms with van der Waals surface area (Å²) in [5.41, 5.74) is 0. The van der Waals surface area contributed by atoms with Crippen LogP contribution in [-0.4, -0.2) is 13.1 Å². The van der Waals surface area contributed by atoms with Gasteiger partial charge in [-0.15, -0.1) is 0 Å². The van der Waals surface area contributed by atoms with Crippen LogP contribution in [0.2, 0.25) is 0 Å². The van der Waals surface area contributed by atoms with Crippen molar-refractivity contribution in [3.05, 3.63) is 0 Å². The van der Waals surface area contributed by atoms with Crippen molar-refractivity contribution in [2.45, 2.75) is 103 Å². The molecular weight excluding hydrogens is 218 g/mol. The Hall–Kier alpha value is -0.0400. The molecule has 0 amide bonds. The number of nitrogens with one attached hydrogen (secondary N) is 1. The molecule has 0 rings (SSSR count). The summed E-state index contributed by atoms with van der Waals surface area (Å²) in [6, 6.07) is 0.702. The normalized spacial score (nSPS) is 12.8. The maximum atomic E-state index is 3.30. The van der Waals surface area contributed by atoms with E-state index in [9.17, 15) is 0 Å². The maximum absolute atomic E-state index is 3.30. The van der Waals surface area contributed by atoms with E-state index >= 15 is 0 Å². The third kappa shape index (κ3) is 14.0. The molecule has 0 heterocycles.